The average molecular weight is 400 g/mol. The number of carbonyl (C=O) groups is 2. The first kappa shape index (κ1) is 18.9. The number of hydrogen-bond donors (Lipinski definition) is 1. The summed E-state index contributed by atoms with van der Waals surface area (Å²) in [6, 6.07) is 16.1. The molecule has 0 aliphatic carbocycles. The van der Waals surface area contributed by atoms with Crippen LogP contribution >= 0.6 is 11.6 Å². The highest BCUT2D eigenvalue weighted by atomic mass is 35.5. The Hall–Kier alpha value is -2.41. The van der Waals surface area contributed by atoms with E-state index < -0.39 is 12.2 Å². The molecule has 0 saturated carbocycles. The second kappa shape index (κ2) is 7.91. The van der Waals surface area contributed by atoms with E-state index in [2.05, 4.69) is 5.32 Å². The van der Waals surface area contributed by atoms with Crippen LogP contribution in [0.15, 0.2) is 54.6 Å². The van der Waals surface area contributed by atoms with Crippen LogP contribution in [0.25, 0.3) is 0 Å². The van der Waals surface area contributed by atoms with E-state index in [1.54, 1.807) is 24.1 Å². The van der Waals surface area contributed by atoms with Crippen LogP contribution in [0.3, 0.4) is 0 Å². The van der Waals surface area contributed by atoms with Crippen molar-refractivity contribution in [3.63, 3.8) is 0 Å². The summed E-state index contributed by atoms with van der Waals surface area (Å²) < 4.78 is 5.36. The zero-order valence-electron chi connectivity index (χ0n) is 15.5. The van der Waals surface area contributed by atoms with Crippen LogP contribution in [0.2, 0.25) is 5.02 Å². The predicted octanol–water partition coefficient (Wildman–Crippen LogP) is 3.06. The first-order valence-corrected chi connectivity index (χ1v) is 9.79. The zero-order chi connectivity index (χ0) is 19.7. The summed E-state index contributed by atoms with van der Waals surface area (Å²) in [6.07, 6.45) is -0.0494. The van der Waals surface area contributed by atoms with Gasteiger partial charge in [0.05, 0.1) is 12.6 Å². The van der Waals surface area contributed by atoms with Crippen molar-refractivity contribution in [2.24, 2.45) is 0 Å². The molecular weight excluding hydrogens is 378 g/mol. The molecule has 2 fully saturated rings. The maximum Gasteiger partial charge on any atom is 0.325 e. The summed E-state index contributed by atoms with van der Waals surface area (Å²) >= 11 is 6.03. The van der Waals surface area contributed by atoms with Gasteiger partial charge in [0.15, 0.2) is 0 Å². The fourth-order valence-corrected chi connectivity index (χ4v) is 4.10. The molecule has 146 valence electrons. The molecule has 2 heterocycles. The molecule has 2 saturated heterocycles. The minimum absolute atomic E-state index is 0.0238. The third kappa shape index (κ3) is 3.39. The number of rotatable bonds is 4. The molecule has 3 atom stereocenters. The highest BCUT2D eigenvalue weighted by Gasteiger charge is 2.50. The van der Waals surface area contributed by atoms with E-state index in [-0.39, 0.29) is 17.9 Å². The molecule has 0 unspecified atom stereocenters. The molecule has 7 heteroatoms. The second-order valence-electron chi connectivity index (χ2n) is 6.86. The maximum atomic E-state index is 12.8. The van der Waals surface area contributed by atoms with Gasteiger partial charge in [0.1, 0.15) is 12.2 Å². The summed E-state index contributed by atoms with van der Waals surface area (Å²) in [7, 11) is 0. The fourth-order valence-electron chi connectivity index (χ4n) is 3.97. The van der Waals surface area contributed by atoms with Gasteiger partial charge in [0, 0.05) is 18.0 Å². The Kier molecular flexibility index (Phi) is 5.35. The van der Waals surface area contributed by atoms with Crippen molar-refractivity contribution < 1.29 is 14.3 Å². The van der Waals surface area contributed by atoms with Crippen LogP contribution in [-0.4, -0.2) is 41.1 Å². The highest BCUT2D eigenvalue weighted by Crippen LogP contribution is 2.40. The molecule has 0 spiro atoms. The van der Waals surface area contributed by atoms with Gasteiger partial charge in [0.2, 0.25) is 5.91 Å². The van der Waals surface area contributed by atoms with Crippen LogP contribution in [0.5, 0.6) is 0 Å². The molecule has 2 aromatic carbocycles. The largest absolute Gasteiger partial charge is 0.465 e. The van der Waals surface area contributed by atoms with Gasteiger partial charge in [-0.3, -0.25) is 19.9 Å². The quantitative estimate of drug-likeness (QED) is 0.800. The van der Waals surface area contributed by atoms with E-state index in [0.29, 0.717) is 24.6 Å². The molecule has 6 nitrogen and oxygen atoms in total. The van der Waals surface area contributed by atoms with Crippen LogP contribution < -0.4 is 5.32 Å². The lowest BCUT2D eigenvalue weighted by Gasteiger charge is -2.48. The molecule has 28 heavy (non-hydrogen) atoms. The molecule has 4 rings (SSSR count). The number of nitrogens with one attached hydrogen (secondary N) is 1. The third-order valence-corrected chi connectivity index (χ3v) is 5.43. The molecule has 0 bridgehead atoms. The Morgan fingerprint density at radius 1 is 1.14 bits per heavy atom. The lowest BCUT2D eigenvalue weighted by Crippen LogP contribution is -2.63. The predicted molar refractivity (Wildman–Crippen MR) is 105 cm³/mol. The number of benzene rings is 2. The molecule has 2 aliphatic rings. The van der Waals surface area contributed by atoms with E-state index in [1.807, 2.05) is 47.5 Å². The van der Waals surface area contributed by atoms with Gasteiger partial charge in [-0.15, -0.1) is 0 Å². The standard InChI is InChI=1S/C21H22ClN3O3/c1-2-28-21(27)18-19(14-6-4-3-5-7-14)24-13-12-17(26)25(24)20(23-18)15-8-10-16(22)11-9-15/h3-11,18-20,23H,2,12-13H2,1H3/t18-,19+,20+/m0/s1. The van der Waals surface area contributed by atoms with E-state index in [0.717, 1.165) is 11.1 Å². The minimum atomic E-state index is -0.606. The summed E-state index contributed by atoms with van der Waals surface area (Å²) in [5.74, 6) is -0.301. The summed E-state index contributed by atoms with van der Waals surface area (Å²) in [5.41, 5.74) is 1.83. The lowest BCUT2D eigenvalue weighted by atomic mass is 9.96. The van der Waals surface area contributed by atoms with Gasteiger partial charge in [-0.2, -0.15) is 0 Å². The maximum absolute atomic E-state index is 12.8. The van der Waals surface area contributed by atoms with Crippen molar-refractivity contribution >= 4 is 23.5 Å². The Morgan fingerprint density at radius 2 is 1.86 bits per heavy atom. The number of amides is 1. The SMILES string of the molecule is CCOC(=O)[C@H]1N[C@@H](c2ccc(Cl)cc2)N2C(=O)CCN2[C@@H]1c1ccccc1. The number of esters is 1. The second-order valence-corrected chi connectivity index (χ2v) is 7.29. The highest BCUT2D eigenvalue weighted by molar-refractivity contribution is 6.30. The van der Waals surface area contributed by atoms with Crippen molar-refractivity contribution in [2.45, 2.75) is 31.6 Å². The van der Waals surface area contributed by atoms with Crippen LogP contribution in [0, 0.1) is 0 Å². The van der Waals surface area contributed by atoms with Crippen molar-refractivity contribution in [3.8, 4) is 0 Å². The van der Waals surface area contributed by atoms with Gasteiger partial charge < -0.3 is 4.74 Å². The van der Waals surface area contributed by atoms with Crippen molar-refractivity contribution in [3.05, 3.63) is 70.7 Å². The van der Waals surface area contributed by atoms with Gasteiger partial charge in [-0.25, -0.2) is 5.01 Å². The zero-order valence-corrected chi connectivity index (χ0v) is 16.3. The molecule has 2 aromatic rings. The Bertz CT molecular complexity index is 859. The number of hydrazine groups is 1. The number of ether oxygens (including phenoxy) is 1. The van der Waals surface area contributed by atoms with Gasteiger partial charge in [-0.05, 0) is 30.2 Å². The fraction of sp³-hybridized carbons (Fsp3) is 0.333. The Labute approximate surface area is 169 Å². The summed E-state index contributed by atoms with van der Waals surface area (Å²) in [5, 5.41) is 7.72. The van der Waals surface area contributed by atoms with Crippen molar-refractivity contribution in [1.29, 1.82) is 0 Å². The average Bonchev–Trinajstić information content (AvgIpc) is 3.10. The number of halogens is 1. The van der Waals surface area contributed by atoms with E-state index >= 15 is 0 Å². The number of fused-ring (bicyclic) bond motifs is 1. The molecule has 1 N–H and O–H groups in total. The van der Waals surface area contributed by atoms with Gasteiger partial charge in [-0.1, -0.05) is 54.1 Å². The van der Waals surface area contributed by atoms with Gasteiger partial charge in [0.25, 0.3) is 0 Å². The molecule has 1 amide bonds. The first-order chi connectivity index (χ1) is 13.6. The van der Waals surface area contributed by atoms with E-state index in [4.69, 9.17) is 16.3 Å². The molecule has 0 aromatic heterocycles. The number of hydrogen-bond acceptors (Lipinski definition) is 5. The van der Waals surface area contributed by atoms with Crippen molar-refractivity contribution in [1.82, 2.24) is 15.3 Å². The van der Waals surface area contributed by atoms with Crippen molar-refractivity contribution in [2.75, 3.05) is 13.2 Å². The number of nitrogens with zero attached hydrogens (tertiary/aromatic N) is 2. The smallest absolute Gasteiger partial charge is 0.325 e. The minimum Gasteiger partial charge on any atom is -0.465 e. The van der Waals surface area contributed by atoms with E-state index in [1.165, 1.54) is 0 Å². The van der Waals surface area contributed by atoms with Crippen LogP contribution in [0.1, 0.15) is 36.7 Å². The number of carbonyl (C=O) groups excluding carboxylic acids is 2. The Morgan fingerprint density at radius 3 is 2.54 bits per heavy atom. The monoisotopic (exact) mass is 399 g/mol. The van der Waals surface area contributed by atoms with E-state index in [9.17, 15) is 9.59 Å². The molecular formula is C21H22ClN3O3. The third-order valence-electron chi connectivity index (χ3n) is 5.17. The normalized spacial score (nSPS) is 24.9. The Balaban J connectivity index is 1.77. The molecule has 0 radical (unpaired) electrons. The van der Waals surface area contributed by atoms with Gasteiger partial charge >= 0.3 is 5.97 Å². The molecule has 2 aliphatic heterocycles. The van der Waals surface area contributed by atoms with Crippen LogP contribution in [-0.2, 0) is 14.3 Å². The summed E-state index contributed by atoms with van der Waals surface area (Å²) in [4.78, 5) is 25.6. The lowest BCUT2D eigenvalue weighted by molar-refractivity contribution is -0.174. The summed E-state index contributed by atoms with van der Waals surface area (Å²) in [6.45, 7) is 2.65. The first-order valence-electron chi connectivity index (χ1n) is 9.42. The van der Waals surface area contributed by atoms with Crippen LogP contribution in [0.4, 0.5) is 0 Å². The topological polar surface area (TPSA) is 61.9 Å².